The molecule has 2 aliphatic heterocycles. The Morgan fingerprint density at radius 3 is 2.51 bits per heavy atom. The SMILES string of the molecule is CN1C(=O)CCSc2cc(N3CCCC3)ncc21.NC(=O)c1ncn(C(O)(O)c2ccccc2)n1. The van der Waals surface area contributed by atoms with Gasteiger partial charge < -0.3 is 25.7 Å². The predicted octanol–water partition coefficient (Wildman–Crippen LogP) is 1.16. The van der Waals surface area contributed by atoms with E-state index in [0.29, 0.717) is 6.42 Å². The van der Waals surface area contributed by atoms with Gasteiger partial charge in [-0.15, -0.1) is 16.9 Å². The minimum Gasteiger partial charge on any atom is -0.363 e. The molecule has 2 amide bonds. The van der Waals surface area contributed by atoms with Gasteiger partial charge in [-0.1, -0.05) is 30.3 Å². The molecule has 0 radical (unpaired) electrons. The first kappa shape index (κ1) is 24.6. The predicted molar refractivity (Wildman–Crippen MR) is 131 cm³/mol. The molecule has 12 heteroatoms. The molecule has 0 atom stereocenters. The van der Waals surface area contributed by atoms with E-state index in [2.05, 4.69) is 26.0 Å². The van der Waals surface area contributed by atoms with Gasteiger partial charge in [0.25, 0.3) is 11.8 Å². The van der Waals surface area contributed by atoms with Crippen molar-refractivity contribution >= 4 is 35.1 Å². The highest BCUT2D eigenvalue weighted by atomic mass is 32.2. The lowest BCUT2D eigenvalue weighted by molar-refractivity contribution is -0.200. The molecule has 2 aromatic heterocycles. The number of nitrogens with zero attached hydrogens (tertiary/aromatic N) is 6. The quantitative estimate of drug-likeness (QED) is 0.451. The van der Waals surface area contributed by atoms with Gasteiger partial charge in [-0.3, -0.25) is 9.59 Å². The number of nitrogens with two attached hydrogens (primary N) is 1. The number of fused-ring (bicyclic) bond motifs is 1. The van der Waals surface area contributed by atoms with Crippen LogP contribution in [0.1, 0.15) is 35.4 Å². The van der Waals surface area contributed by atoms with Crippen LogP contribution in [0.5, 0.6) is 0 Å². The van der Waals surface area contributed by atoms with E-state index >= 15 is 0 Å². The van der Waals surface area contributed by atoms with E-state index in [0.717, 1.165) is 41.4 Å². The first-order chi connectivity index (χ1) is 16.8. The van der Waals surface area contributed by atoms with E-state index in [1.54, 1.807) is 34.9 Å². The molecule has 1 saturated heterocycles. The van der Waals surface area contributed by atoms with Crippen LogP contribution in [0.25, 0.3) is 0 Å². The summed E-state index contributed by atoms with van der Waals surface area (Å²) in [4.78, 5) is 35.9. The maximum Gasteiger partial charge on any atom is 0.295 e. The van der Waals surface area contributed by atoms with Crippen molar-refractivity contribution in [3.8, 4) is 0 Å². The zero-order valence-electron chi connectivity index (χ0n) is 19.2. The lowest BCUT2D eigenvalue weighted by Crippen LogP contribution is -2.35. The number of amides is 2. The van der Waals surface area contributed by atoms with Gasteiger partial charge in [0, 0.05) is 42.8 Å². The summed E-state index contributed by atoms with van der Waals surface area (Å²) in [7, 11) is 1.84. The van der Waals surface area contributed by atoms with Gasteiger partial charge in [-0.25, -0.2) is 9.97 Å². The van der Waals surface area contributed by atoms with Gasteiger partial charge in [-0.2, -0.15) is 4.68 Å². The number of thioether (sulfide) groups is 1. The number of carbonyl (C=O) groups excluding carboxylic acids is 2. The number of rotatable bonds is 4. The Balaban J connectivity index is 0.000000165. The van der Waals surface area contributed by atoms with Gasteiger partial charge in [0.1, 0.15) is 12.1 Å². The van der Waals surface area contributed by atoms with E-state index < -0.39 is 11.8 Å². The Labute approximate surface area is 206 Å². The Morgan fingerprint density at radius 1 is 1.14 bits per heavy atom. The van der Waals surface area contributed by atoms with Crippen LogP contribution < -0.4 is 15.5 Å². The van der Waals surface area contributed by atoms with Crippen molar-refractivity contribution < 1.29 is 19.8 Å². The fourth-order valence-corrected chi connectivity index (χ4v) is 4.80. The number of anilines is 2. The van der Waals surface area contributed by atoms with Crippen molar-refractivity contribution in [3.05, 3.63) is 60.3 Å². The third-order valence-electron chi connectivity index (χ3n) is 5.76. The summed E-state index contributed by atoms with van der Waals surface area (Å²) in [5.74, 6) is -1.40. The van der Waals surface area contributed by atoms with Gasteiger partial charge in [0.2, 0.25) is 11.7 Å². The average Bonchev–Trinajstić information content (AvgIpc) is 3.55. The Kier molecular flexibility index (Phi) is 7.34. The van der Waals surface area contributed by atoms with Crippen molar-refractivity contribution in [2.45, 2.75) is 30.1 Å². The normalized spacial score (nSPS) is 15.8. The van der Waals surface area contributed by atoms with Crippen LogP contribution in [0.2, 0.25) is 0 Å². The second-order valence-electron chi connectivity index (χ2n) is 8.13. The van der Waals surface area contributed by atoms with Crippen molar-refractivity contribution in [2.24, 2.45) is 5.73 Å². The van der Waals surface area contributed by atoms with Gasteiger partial charge in [-0.05, 0) is 18.9 Å². The number of aliphatic hydroxyl groups is 2. The Hall–Kier alpha value is -3.48. The zero-order chi connectivity index (χ0) is 25.0. The molecular formula is C23H27N7O4S. The molecule has 0 unspecified atom stereocenters. The summed E-state index contributed by atoms with van der Waals surface area (Å²) in [6.45, 7) is 2.20. The number of hydrogen-bond donors (Lipinski definition) is 3. The molecule has 2 aliphatic rings. The van der Waals surface area contributed by atoms with Crippen LogP contribution >= 0.6 is 11.8 Å². The van der Waals surface area contributed by atoms with Crippen LogP contribution in [0, 0.1) is 0 Å². The molecular weight excluding hydrogens is 470 g/mol. The van der Waals surface area contributed by atoms with E-state index in [9.17, 15) is 19.8 Å². The second-order valence-corrected chi connectivity index (χ2v) is 9.27. The third kappa shape index (κ3) is 5.45. The first-order valence-electron chi connectivity index (χ1n) is 11.1. The van der Waals surface area contributed by atoms with Crippen molar-refractivity contribution in [1.82, 2.24) is 19.7 Å². The molecule has 1 fully saturated rings. The summed E-state index contributed by atoms with van der Waals surface area (Å²) in [5.41, 5.74) is 6.11. The van der Waals surface area contributed by atoms with Crippen LogP contribution in [-0.4, -0.2) is 67.7 Å². The molecule has 5 rings (SSSR count). The smallest absolute Gasteiger partial charge is 0.295 e. The molecule has 4 heterocycles. The van der Waals surface area contributed by atoms with E-state index in [1.165, 1.54) is 29.9 Å². The largest absolute Gasteiger partial charge is 0.363 e. The summed E-state index contributed by atoms with van der Waals surface area (Å²) in [6, 6.07) is 10.2. The minimum absolute atomic E-state index is 0.178. The number of carbonyl (C=O) groups is 2. The van der Waals surface area contributed by atoms with E-state index in [-0.39, 0.29) is 17.3 Å². The van der Waals surface area contributed by atoms with Crippen LogP contribution in [0.4, 0.5) is 11.5 Å². The molecule has 1 aromatic carbocycles. The standard InChI is InChI=1S/C13H17N3OS.C10H10N4O3/c1-15-10-9-14-12(16-5-2-3-6-16)8-11(10)18-7-4-13(15)17;11-8(15)9-12-6-14(13-9)10(16,17)7-4-2-1-3-5-7/h8-9H,2-7H2,1H3;1-6,16-17H,(H2,11,15). The third-order valence-corrected chi connectivity index (χ3v) is 6.81. The molecule has 11 nitrogen and oxygen atoms in total. The molecule has 3 aromatic rings. The highest BCUT2D eigenvalue weighted by Crippen LogP contribution is 2.35. The molecule has 0 bridgehead atoms. The number of hydrogen-bond acceptors (Lipinski definition) is 9. The first-order valence-corrected chi connectivity index (χ1v) is 12.1. The molecule has 184 valence electrons. The average molecular weight is 498 g/mol. The highest BCUT2D eigenvalue weighted by Gasteiger charge is 2.30. The van der Waals surface area contributed by atoms with E-state index in [1.807, 2.05) is 13.2 Å². The van der Waals surface area contributed by atoms with Crippen LogP contribution in [0.3, 0.4) is 0 Å². The van der Waals surface area contributed by atoms with Gasteiger partial charge in [0.05, 0.1) is 11.9 Å². The fourth-order valence-electron chi connectivity index (χ4n) is 3.78. The highest BCUT2D eigenvalue weighted by molar-refractivity contribution is 7.99. The summed E-state index contributed by atoms with van der Waals surface area (Å²) in [6.07, 6.45) is 5.98. The minimum atomic E-state index is -2.37. The molecule has 0 saturated carbocycles. The van der Waals surface area contributed by atoms with Crippen molar-refractivity contribution in [2.75, 3.05) is 35.7 Å². The summed E-state index contributed by atoms with van der Waals surface area (Å²) >= 11 is 1.76. The maximum atomic E-state index is 11.8. The summed E-state index contributed by atoms with van der Waals surface area (Å²) < 4.78 is 0.752. The number of aromatic nitrogens is 4. The Morgan fingerprint density at radius 2 is 1.86 bits per heavy atom. The van der Waals surface area contributed by atoms with Crippen molar-refractivity contribution in [3.63, 3.8) is 0 Å². The zero-order valence-corrected chi connectivity index (χ0v) is 20.1. The van der Waals surface area contributed by atoms with Crippen molar-refractivity contribution in [1.29, 1.82) is 0 Å². The Bertz CT molecular complexity index is 1200. The fraction of sp³-hybridized carbons (Fsp3) is 0.348. The number of pyridine rings is 1. The number of primary amides is 1. The maximum absolute atomic E-state index is 11.8. The second kappa shape index (κ2) is 10.4. The molecule has 0 spiro atoms. The van der Waals surface area contributed by atoms with E-state index in [4.69, 9.17) is 5.73 Å². The van der Waals surface area contributed by atoms with Crippen LogP contribution in [0.15, 0.2) is 53.8 Å². The van der Waals surface area contributed by atoms with Gasteiger partial charge in [0.15, 0.2) is 0 Å². The lowest BCUT2D eigenvalue weighted by atomic mass is 10.1. The molecule has 4 N–H and O–H groups in total. The lowest BCUT2D eigenvalue weighted by Gasteiger charge is -2.21. The topological polar surface area (TPSA) is 151 Å². The number of benzene rings is 1. The van der Waals surface area contributed by atoms with Gasteiger partial charge >= 0.3 is 0 Å². The summed E-state index contributed by atoms with van der Waals surface area (Å²) in [5, 5.41) is 23.4. The molecule has 0 aliphatic carbocycles. The monoisotopic (exact) mass is 497 g/mol. The van der Waals surface area contributed by atoms with Crippen LogP contribution in [-0.2, 0) is 10.7 Å². The molecule has 35 heavy (non-hydrogen) atoms.